The molecule has 0 N–H and O–H groups in total. The molecule has 2 nitrogen and oxygen atoms in total. The predicted octanol–water partition coefficient (Wildman–Crippen LogP) is 3.36. The molecule has 4 heteroatoms. The van der Waals surface area contributed by atoms with Crippen LogP contribution in [0.15, 0.2) is 24.3 Å². The molecular weight excluding hydrogens is 273 g/mol. The number of halogens is 1. The zero-order valence-electron chi connectivity index (χ0n) is 12.0. The molecule has 0 aliphatic carbocycles. The minimum Gasteiger partial charge on any atom is -0.342 e. The van der Waals surface area contributed by atoms with E-state index in [0.29, 0.717) is 11.7 Å². The number of hydrogen-bond donors (Lipinski definition) is 0. The van der Waals surface area contributed by atoms with Crippen LogP contribution in [0.25, 0.3) is 0 Å². The number of likely N-dealkylation sites (tertiary alicyclic amines) is 1. The zero-order valence-corrected chi connectivity index (χ0v) is 12.8. The number of piperidine rings is 1. The number of rotatable bonds is 5. The van der Waals surface area contributed by atoms with Gasteiger partial charge in [-0.25, -0.2) is 4.39 Å². The number of hydrogen-bond acceptors (Lipinski definition) is 2. The first-order valence-electron chi connectivity index (χ1n) is 7.21. The van der Waals surface area contributed by atoms with E-state index in [0.717, 1.165) is 44.3 Å². The first-order valence-corrected chi connectivity index (χ1v) is 8.60. The maximum Gasteiger partial charge on any atom is 0.232 e. The highest BCUT2D eigenvalue weighted by atomic mass is 32.2. The molecule has 0 spiro atoms. The van der Waals surface area contributed by atoms with E-state index >= 15 is 0 Å². The van der Waals surface area contributed by atoms with Crippen molar-refractivity contribution in [2.45, 2.75) is 25.7 Å². The van der Waals surface area contributed by atoms with Crippen molar-refractivity contribution in [2.75, 3.05) is 25.1 Å². The molecule has 1 heterocycles. The van der Waals surface area contributed by atoms with E-state index in [4.69, 9.17) is 0 Å². The summed E-state index contributed by atoms with van der Waals surface area (Å²) in [6.45, 7) is 1.73. The molecule has 0 bridgehead atoms. The van der Waals surface area contributed by atoms with E-state index in [9.17, 15) is 9.18 Å². The fourth-order valence-corrected chi connectivity index (χ4v) is 3.23. The van der Waals surface area contributed by atoms with Crippen LogP contribution < -0.4 is 0 Å². The normalized spacial score (nSPS) is 19.1. The number of carbonyl (C=O) groups excluding carboxylic acids is 1. The third kappa shape index (κ3) is 4.23. The number of nitrogens with zero attached hydrogens (tertiary/aromatic N) is 1. The van der Waals surface area contributed by atoms with Gasteiger partial charge in [0.25, 0.3) is 0 Å². The lowest BCUT2D eigenvalue weighted by atomic mass is 9.91. The summed E-state index contributed by atoms with van der Waals surface area (Å²) in [7, 11) is 0. The Morgan fingerprint density at radius 2 is 2.25 bits per heavy atom. The van der Waals surface area contributed by atoms with Crippen molar-refractivity contribution in [1.82, 2.24) is 4.90 Å². The van der Waals surface area contributed by atoms with Gasteiger partial charge in [0.1, 0.15) is 5.82 Å². The van der Waals surface area contributed by atoms with Crippen molar-refractivity contribution in [3.05, 3.63) is 35.6 Å². The highest BCUT2D eigenvalue weighted by Gasteiger charge is 2.23. The monoisotopic (exact) mass is 295 g/mol. The Morgan fingerprint density at radius 3 is 3.00 bits per heavy atom. The first kappa shape index (κ1) is 15.4. The van der Waals surface area contributed by atoms with Gasteiger partial charge >= 0.3 is 0 Å². The molecule has 1 saturated heterocycles. The van der Waals surface area contributed by atoms with Crippen LogP contribution in [-0.4, -0.2) is 35.9 Å². The summed E-state index contributed by atoms with van der Waals surface area (Å²) in [5, 5.41) is 0. The van der Waals surface area contributed by atoms with Gasteiger partial charge in [-0.3, -0.25) is 4.79 Å². The second-order valence-electron chi connectivity index (χ2n) is 5.41. The highest BCUT2D eigenvalue weighted by molar-refractivity contribution is 7.99. The first-order chi connectivity index (χ1) is 9.70. The van der Waals surface area contributed by atoms with E-state index in [2.05, 4.69) is 0 Å². The SMILES string of the molecule is CSCC(=O)N1CCC[C@H](CCc2ccccc2F)C1. The molecule has 1 fully saturated rings. The summed E-state index contributed by atoms with van der Waals surface area (Å²) in [5.74, 6) is 1.21. The minimum absolute atomic E-state index is 0.112. The second-order valence-corrected chi connectivity index (χ2v) is 6.28. The molecule has 1 aromatic rings. The number of carbonyl (C=O) groups is 1. The molecule has 1 amide bonds. The van der Waals surface area contributed by atoms with Crippen molar-refractivity contribution >= 4 is 17.7 Å². The van der Waals surface area contributed by atoms with Crippen LogP contribution in [0.3, 0.4) is 0 Å². The molecule has 0 radical (unpaired) electrons. The van der Waals surface area contributed by atoms with E-state index in [1.165, 1.54) is 6.07 Å². The molecular formula is C16H22FNOS. The fourth-order valence-electron chi connectivity index (χ4n) is 2.80. The minimum atomic E-state index is -0.112. The molecule has 1 aromatic carbocycles. The predicted molar refractivity (Wildman–Crippen MR) is 82.4 cm³/mol. The van der Waals surface area contributed by atoms with Crippen LogP contribution in [0.4, 0.5) is 4.39 Å². The van der Waals surface area contributed by atoms with Crippen molar-refractivity contribution in [3.63, 3.8) is 0 Å². The molecule has 20 heavy (non-hydrogen) atoms. The average Bonchev–Trinajstić information content (AvgIpc) is 2.47. The molecule has 0 saturated carbocycles. The van der Waals surface area contributed by atoms with Gasteiger partial charge in [0, 0.05) is 13.1 Å². The Morgan fingerprint density at radius 1 is 1.45 bits per heavy atom. The number of amides is 1. The van der Waals surface area contributed by atoms with E-state index < -0.39 is 0 Å². The second kappa shape index (κ2) is 7.67. The number of benzene rings is 1. The van der Waals surface area contributed by atoms with Crippen LogP contribution in [0.2, 0.25) is 0 Å². The summed E-state index contributed by atoms with van der Waals surface area (Å²) in [4.78, 5) is 13.9. The van der Waals surface area contributed by atoms with Crippen LogP contribution in [0.1, 0.15) is 24.8 Å². The fraction of sp³-hybridized carbons (Fsp3) is 0.562. The van der Waals surface area contributed by atoms with Gasteiger partial charge in [-0.1, -0.05) is 18.2 Å². The average molecular weight is 295 g/mol. The van der Waals surface area contributed by atoms with Gasteiger partial charge in [-0.05, 0) is 49.5 Å². The Balaban J connectivity index is 1.84. The quantitative estimate of drug-likeness (QED) is 0.830. The number of aryl methyl sites for hydroxylation is 1. The summed E-state index contributed by atoms with van der Waals surface area (Å²) < 4.78 is 13.6. The Hall–Kier alpha value is -1.03. The third-order valence-corrected chi connectivity index (χ3v) is 4.45. The molecule has 1 aliphatic rings. The van der Waals surface area contributed by atoms with Crippen molar-refractivity contribution in [3.8, 4) is 0 Å². The molecule has 1 atom stereocenters. The topological polar surface area (TPSA) is 20.3 Å². The highest BCUT2D eigenvalue weighted by Crippen LogP contribution is 2.22. The van der Waals surface area contributed by atoms with E-state index in [1.807, 2.05) is 23.3 Å². The lowest BCUT2D eigenvalue weighted by Gasteiger charge is -2.32. The lowest BCUT2D eigenvalue weighted by molar-refractivity contribution is -0.130. The summed E-state index contributed by atoms with van der Waals surface area (Å²) >= 11 is 1.58. The van der Waals surface area contributed by atoms with Crippen LogP contribution >= 0.6 is 11.8 Å². The van der Waals surface area contributed by atoms with Gasteiger partial charge in [0.15, 0.2) is 0 Å². The maximum atomic E-state index is 13.6. The van der Waals surface area contributed by atoms with Crippen LogP contribution in [0, 0.1) is 11.7 Å². The lowest BCUT2D eigenvalue weighted by Crippen LogP contribution is -2.41. The van der Waals surface area contributed by atoms with E-state index in [-0.39, 0.29) is 11.7 Å². The van der Waals surface area contributed by atoms with Gasteiger partial charge in [-0.15, -0.1) is 0 Å². The molecule has 0 unspecified atom stereocenters. The smallest absolute Gasteiger partial charge is 0.232 e. The Labute approximate surface area is 124 Å². The van der Waals surface area contributed by atoms with Gasteiger partial charge < -0.3 is 4.90 Å². The molecule has 2 rings (SSSR count). The zero-order chi connectivity index (χ0) is 14.4. The van der Waals surface area contributed by atoms with Crippen LogP contribution in [-0.2, 0) is 11.2 Å². The standard InChI is InChI=1S/C16H22FNOS/c1-20-12-16(19)18-10-4-5-13(11-18)8-9-14-6-2-3-7-15(14)17/h2-3,6-7,13H,4-5,8-12H2,1H3/t13-/m1/s1. The van der Waals surface area contributed by atoms with Crippen LogP contribution in [0.5, 0.6) is 0 Å². The van der Waals surface area contributed by atoms with E-state index in [1.54, 1.807) is 17.8 Å². The third-order valence-electron chi connectivity index (χ3n) is 3.92. The number of thioether (sulfide) groups is 1. The van der Waals surface area contributed by atoms with Gasteiger partial charge in [-0.2, -0.15) is 11.8 Å². The maximum absolute atomic E-state index is 13.6. The van der Waals surface area contributed by atoms with Crippen molar-refractivity contribution in [2.24, 2.45) is 5.92 Å². The van der Waals surface area contributed by atoms with Crippen molar-refractivity contribution in [1.29, 1.82) is 0 Å². The Kier molecular flexibility index (Phi) is 5.89. The Bertz CT molecular complexity index is 452. The summed E-state index contributed by atoms with van der Waals surface area (Å²) in [6.07, 6.45) is 5.91. The van der Waals surface area contributed by atoms with Gasteiger partial charge in [0.2, 0.25) is 5.91 Å². The molecule has 1 aliphatic heterocycles. The van der Waals surface area contributed by atoms with Gasteiger partial charge in [0.05, 0.1) is 5.75 Å². The molecule has 0 aromatic heterocycles. The summed E-state index contributed by atoms with van der Waals surface area (Å²) in [5.41, 5.74) is 0.792. The van der Waals surface area contributed by atoms with Crippen molar-refractivity contribution < 1.29 is 9.18 Å². The molecule has 110 valence electrons. The summed E-state index contributed by atoms with van der Waals surface area (Å²) in [6, 6.07) is 6.98. The largest absolute Gasteiger partial charge is 0.342 e.